The summed E-state index contributed by atoms with van der Waals surface area (Å²) in [5, 5.41) is 40.8. The van der Waals surface area contributed by atoms with Gasteiger partial charge in [0.05, 0.1) is 5.56 Å². The number of aromatic hydroxyl groups is 2. The molecule has 2 atom stereocenters. The molecule has 6 N–H and O–H groups in total. The molecule has 56 heavy (non-hydrogen) atoms. The van der Waals surface area contributed by atoms with Gasteiger partial charge in [0.15, 0.2) is 17.8 Å². The zero-order valence-electron chi connectivity index (χ0n) is 31.7. The lowest BCUT2D eigenvalue weighted by atomic mass is 9.96. The fourth-order valence-corrected chi connectivity index (χ4v) is 7.19. The predicted octanol–water partition coefficient (Wildman–Crippen LogP) is 3.76. The van der Waals surface area contributed by atoms with Crippen LogP contribution in [0.3, 0.4) is 0 Å². The van der Waals surface area contributed by atoms with E-state index in [9.17, 15) is 39.0 Å². The fraction of sp³-hybridized carbons (Fsp3) is 0.350. The maximum atomic E-state index is 13.9. The van der Waals surface area contributed by atoms with E-state index < -0.39 is 35.3 Å². The van der Waals surface area contributed by atoms with E-state index in [1.54, 1.807) is 43.3 Å². The number of anilines is 1. The van der Waals surface area contributed by atoms with E-state index in [1.807, 2.05) is 27.7 Å². The van der Waals surface area contributed by atoms with Gasteiger partial charge in [-0.2, -0.15) is 0 Å². The second-order valence-corrected chi connectivity index (χ2v) is 14.7. The van der Waals surface area contributed by atoms with E-state index in [4.69, 9.17) is 0 Å². The van der Waals surface area contributed by atoms with Crippen molar-refractivity contribution >= 4 is 41.5 Å². The van der Waals surface area contributed by atoms with Gasteiger partial charge in [0.25, 0.3) is 17.7 Å². The molecular weight excluding hydrogens is 720 g/mol. The highest BCUT2D eigenvalue weighted by Crippen LogP contribution is 2.39. The second-order valence-electron chi connectivity index (χ2n) is 14.7. The zero-order chi connectivity index (χ0) is 40.5. The Morgan fingerprint density at radius 2 is 1.71 bits per heavy atom. The number of hydrogen-bond acceptors (Lipinski definition) is 11. The van der Waals surface area contributed by atoms with Crippen molar-refractivity contribution in [3.8, 4) is 28.6 Å². The van der Waals surface area contributed by atoms with Crippen molar-refractivity contribution in [3.63, 3.8) is 0 Å². The summed E-state index contributed by atoms with van der Waals surface area (Å²) in [4.78, 5) is 79.3. The first kappa shape index (κ1) is 39.1. The Labute approximate surface area is 322 Å². The third-order valence-electron chi connectivity index (χ3n) is 9.81. The van der Waals surface area contributed by atoms with Crippen LogP contribution < -0.4 is 21.3 Å². The van der Waals surface area contributed by atoms with Gasteiger partial charge in [-0.25, -0.2) is 0 Å². The van der Waals surface area contributed by atoms with Gasteiger partial charge >= 0.3 is 0 Å². The van der Waals surface area contributed by atoms with Crippen molar-refractivity contribution in [3.05, 3.63) is 82.7 Å². The summed E-state index contributed by atoms with van der Waals surface area (Å²) in [6.07, 6.45) is 1.08. The summed E-state index contributed by atoms with van der Waals surface area (Å²) < 4.78 is 1.44. The van der Waals surface area contributed by atoms with E-state index in [0.29, 0.717) is 40.9 Å². The van der Waals surface area contributed by atoms with Crippen molar-refractivity contribution in [2.45, 2.75) is 78.0 Å². The summed E-state index contributed by atoms with van der Waals surface area (Å²) in [6.45, 7) is 9.66. The lowest BCUT2D eigenvalue weighted by molar-refractivity contribution is -0.137. The van der Waals surface area contributed by atoms with Crippen LogP contribution in [0.2, 0.25) is 0 Å². The van der Waals surface area contributed by atoms with Crippen molar-refractivity contribution in [1.82, 2.24) is 35.6 Å². The highest BCUT2D eigenvalue weighted by Gasteiger charge is 2.41. The summed E-state index contributed by atoms with van der Waals surface area (Å²) >= 11 is 0. The van der Waals surface area contributed by atoms with Crippen LogP contribution in [0, 0.1) is 5.92 Å². The minimum absolute atomic E-state index is 0.0553. The van der Waals surface area contributed by atoms with Gasteiger partial charge in [0.1, 0.15) is 17.5 Å². The van der Waals surface area contributed by atoms with Crippen LogP contribution in [0.1, 0.15) is 102 Å². The van der Waals surface area contributed by atoms with E-state index in [2.05, 4.69) is 31.5 Å². The van der Waals surface area contributed by atoms with Crippen molar-refractivity contribution in [2.24, 2.45) is 5.92 Å². The lowest BCUT2D eigenvalue weighted by Gasteiger charge is -2.34. The molecule has 1 aromatic heterocycles. The summed E-state index contributed by atoms with van der Waals surface area (Å²) in [6, 6.07) is 13.1. The Kier molecular flexibility index (Phi) is 10.9. The summed E-state index contributed by atoms with van der Waals surface area (Å²) in [5.74, 6) is -2.96. The predicted molar refractivity (Wildman–Crippen MR) is 204 cm³/mol. The van der Waals surface area contributed by atoms with E-state index in [-0.39, 0.29) is 77.8 Å². The number of nitrogens with one attached hydrogen (secondary N) is 4. The van der Waals surface area contributed by atoms with Crippen LogP contribution in [-0.4, -0.2) is 83.9 Å². The number of phenols is 2. The topological polar surface area (TPSA) is 225 Å². The molecule has 292 valence electrons. The number of imide groups is 1. The van der Waals surface area contributed by atoms with Crippen molar-refractivity contribution in [1.29, 1.82) is 0 Å². The third kappa shape index (κ3) is 7.54. The molecule has 0 bridgehead atoms. The molecule has 0 spiro atoms. The number of aldehydes is 1. The average molecular weight is 765 g/mol. The number of carbonyl (C=O) groups excluding carboxylic acids is 6. The van der Waals surface area contributed by atoms with Gasteiger partial charge in [-0.3, -0.25) is 38.7 Å². The van der Waals surface area contributed by atoms with E-state index >= 15 is 0 Å². The first-order chi connectivity index (χ1) is 26.7. The quantitative estimate of drug-likeness (QED) is 0.0653. The molecule has 0 saturated carbocycles. The maximum absolute atomic E-state index is 13.9. The van der Waals surface area contributed by atoms with E-state index in [1.165, 1.54) is 27.7 Å². The number of fused-ring (bicyclic) bond motifs is 1. The molecule has 6 rings (SSSR count). The minimum Gasteiger partial charge on any atom is -0.508 e. The average Bonchev–Trinajstić information content (AvgIpc) is 3.73. The number of nitrogens with zero attached hydrogens (tertiary/aromatic N) is 4. The monoisotopic (exact) mass is 764 g/mol. The number of phenolic OH excluding ortho intramolecular Hbond substituents is 2. The molecular formula is C40H44N8O8. The standard InChI is InChI=1S/C40H44N8O8/c1-6-41-38(55)35-46-45-34(27-16-26(22(4)5)31(50)17-32(27)51)48(35)24-12-10-23(11-13-24)36(53)44-40(20-49,18-21(2)3)43-29-9-7-8-25-28(29)19-47(39(25)56)30-14-15-33(52)42-37(30)54/h7-13,16-17,20-22,30,43,50-51H,6,14-15,18-19H2,1-5H3,(H,41,55)(H,44,53)(H,42,52,54)/t30?,40-/m0/s1. The molecule has 16 nitrogen and oxygen atoms in total. The van der Waals surface area contributed by atoms with Crippen LogP contribution in [0.15, 0.2) is 54.6 Å². The van der Waals surface area contributed by atoms with Gasteiger partial charge in [-0.1, -0.05) is 33.8 Å². The van der Waals surface area contributed by atoms with Gasteiger partial charge in [0, 0.05) is 53.6 Å². The number of piperidine rings is 1. The van der Waals surface area contributed by atoms with Gasteiger partial charge in [0.2, 0.25) is 17.6 Å². The lowest BCUT2D eigenvalue weighted by Crippen LogP contribution is -2.56. The Morgan fingerprint density at radius 1 is 0.982 bits per heavy atom. The number of aromatic nitrogens is 3. The van der Waals surface area contributed by atoms with Crippen molar-refractivity contribution in [2.75, 3.05) is 11.9 Å². The molecule has 5 amide bonds. The SMILES string of the molecule is CCNC(=O)c1nnc(-c2cc(C(C)C)c(O)cc2O)n1-c1ccc(C(=O)N[C@](C=O)(CC(C)C)Nc2cccc3c2CN(C2CCC(=O)NC2=O)C3=O)cc1. The smallest absolute Gasteiger partial charge is 0.289 e. The molecule has 1 saturated heterocycles. The summed E-state index contributed by atoms with van der Waals surface area (Å²) in [5.41, 5.74) is 1.01. The van der Waals surface area contributed by atoms with Crippen LogP contribution >= 0.6 is 0 Å². The van der Waals surface area contributed by atoms with Gasteiger partial charge < -0.3 is 31.1 Å². The van der Waals surface area contributed by atoms with Crippen LogP contribution in [0.5, 0.6) is 11.5 Å². The molecule has 0 radical (unpaired) electrons. The molecule has 1 unspecified atom stereocenters. The highest BCUT2D eigenvalue weighted by atomic mass is 16.3. The largest absolute Gasteiger partial charge is 0.508 e. The van der Waals surface area contributed by atoms with Gasteiger partial charge in [-0.05, 0) is 79.6 Å². The molecule has 3 aromatic carbocycles. The first-order valence-corrected chi connectivity index (χ1v) is 18.4. The zero-order valence-corrected chi connectivity index (χ0v) is 31.7. The maximum Gasteiger partial charge on any atom is 0.289 e. The molecule has 3 heterocycles. The number of amides is 5. The van der Waals surface area contributed by atoms with E-state index in [0.717, 1.165) is 0 Å². The Balaban J connectivity index is 1.30. The number of carbonyl (C=O) groups is 6. The third-order valence-corrected chi connectivity index (χ3v) is 9.81. The Bertz CT molecular complexity index is 2230. The normalized spacial score (nSPS) is 16.4. The second kappa shape index (κ2) is 15.6. The van der Waals surface area contributed by atoms with Crippen LogP contribution in [0.25, 0.3) is 17.1 Å². The Morgan fingerprint density at radius 3 is 2.36 bits per heavy atom. The molecule has 0 aliphatic carbocycles. The van der Waals surface area contributed by atoms with Crippen LogP contribution in [-0.2, 0) is 20.9 Å². The fourth-order valence-electron chi connectivity index (χ4n) is 7.19. The number of rotatable bonds is 13. The molecule has 2 aliphatic heterocycles. The van der Waals surface area contributed by atoms with Crippen molar-refractivity contribution < 1.29 is 39.0 Å². The molecule has 4 aromatic rings. The number of hydrogen-bond donors (Lipinski definition) is 6. The molecule has 16 heteroatoms. The van der Waals surface area contributed by atoms with Gasteiger partial charge in [-0.15, -0.1) is 10.2 Å². The first-order valence-electron chi connectivity index (χ1n) is 18.4. The molecule has 2 aliphatic rings. The number of benzene rings is 3. The van der Waals surface area contributed by atoms with Crippen LogP contribution in [0.4, 0.5) is 5.69 Å². The minimum atomic E-state index is -1.62. The molecule has 1 fully saturated rings. The Hall–Kier alpha value is -6.58. The summed E-state index contributed by atoms with van der Waals surface area (Å²) in [7, 11) is 0. The highest BCUT2D eigenvalue weighted by molar-refractivity contribution is 6.06.